The van der Waals surface area contributed by atoms with Gasteiger partial charge in [0.1, 0.15) is 5.75 Å². The van der Waals surface area contributed by atoms with Crippen molar-refractivity contribution in [3.05, 3.63) is 29.8 Å². The van der Waals surface area contributed by atoms with E-state index < -0.39 is 24.5 Å². The molecule has 2 N–H and O–H groups in total. The highest BCUT2D eigenvalue weighted by Crippen LogP contribution is 2.12. The highest BCUT2D eigenvalue weighted by Gasteiger charge is 2.11. The Labute approximate surface area is 148 Å². The van der Waals surface area contributed by atoms with Crippen LogP contribution in [0.15, 0.2) is 24.3 Å². The number of urea groups is 1. The van der Waals surface area contributed by atoms with E-state index in [-0.39, 0.29) is 6.42 Å². The van der Waals surface area contributed by atoms with E-state index in [1.807, 2.05) is 38.1 Å². The molecule has 0 aliphatic heterocycles. The summed E-state index contributed by atoms with van der Waals surface area (Å²) < 4.78 is 9.92. The Morgan fingerprint density at radius 3 is 2.40 bits per heavy atom. The molecule has 0 heterocycles. The first-order valence-corrected chi connectivity index (χ1v) is 8.27. The van der Waals surface area contributed by atoms with E-state index in [0.717, 1.165) is 17.7 Å². The van der Waals surface area contributed by atoms with E-state index in [2.05, 4.69) is 10.6 Å². The van der Waals surface area contributed by atoms with Gasteiger partial charge in [-0.15, -0.1) is 0 Å². The van der Waals surface area contributed by atoms with Gasteiger partial charge in [-0.2, -0.15) is 0 Å². The van der Waals surface area contributed by atoms with Gasteiger partial charge in [-0.05, 0) is 36.5 Å². The van der Waals surface area contributed by atoms with Gasteiger partial charge in [0.05, 0.1) is 7.11 Å². The predicted molar refractivity (Wildman–Crippen MR) is 93.3 cm³/mol. The van der Waals surface area contributed by atoms with Crippen molar-refractivity contribution in [1.82, 2.24) is 10.6 Å². The fourth-order valence-electron chi connectivity index (χ4n) is 1.94. The quantitative estimate of drug-likeness (QED) is 0.665. The first-order valence-electron chi connectivity index (χ1n) is 8.27. The highest BCUT2D eigenvalue weighted by molar-refractivity contribution is 5.95. The van der Waals surface area contributed by atoms with E-state index in [9.17, 15) is 14.4 Å². The van der Waals surface area contributed by atoms with Crippen LogP contribution in [0.1, 0.15) is 32.3 Å². The third kappa shape index (κ3) is 9.34. The first-order chi connectivity index (χ1) is 11.9. The number of carbonyl (C=O) groups excluding carboxylic acids is 3. The molecule has 0 saturated heterocycles. The molecule has 0 spiro atoms. The van der Waals surface area contributed by atoms with Gasteiger partial charge in [-0.3, -0.25) is 14.9 Å². The molecule has 7 heteroatoms. The second-order valence-electron chi connectivity index (χ2n) is 6.00. The molecule has 0 radical (unpaired) electrons. The van der Waals surface area contributed by atoms with Crippen molar-refractivity contribution in [2.45, 2.75) is 33.1 Å². The summed E-state index contributed by atoms with van der Waals surface area (Å²) in [6.45, 7) is 4.09. The number of hydrogen-bond donors (Lipinski definition) is 2. The van der Waals surface area contributed by atoms with Crippen molar-refractivity contribution in [2.24, 2.45) is 5.92 Å². The van der Waals surface area contributed by atoms with Crippen LogP contribution in [0, 0.1) is 5.92 Å². The molecule has 0 atom stereocenters. The summed E-state index contributed by atoms with van der Waals surface area (Å²) >= 11 is 0. The summed E-state index contributed by atoms with van der Waals surface area (Å²) in [6.07, 6.45) is 1.47. The van der Waals surface area contributed by atoms with Crippen LogP contribution in [0.5, 0.6) is 5.75 Å². The molecule has 0 fully saturated rings. The number of esters is 1. The SMILES string of the molecule is COc1ccc(CCC(=O)OCC(=O)NC(=O)NCCC(C)C)cc1. The molecule has 0 aliphatic carbocycles. The minimum atomic E-state index is -0.653. The lowest BCUT2D eigenvalue weighted by Crippen LogP contribution is -2.42. The lowest BCUT2D eigenvalue weighted by molar-refractivity contribution is -0.148. The van der Waals surface area contributed by atoms with Crippen molar-refractivity contribution in [3.8, 4) is 5.75 Å². The summed E-state index contributed by atoms with van der Waals surface area (Å²) in [5, 5.41) is 4.68. The second kappa shape index (κ2) is 11.1. The van der Waals surface area contributed by atoms with Crippen LogP contribution >= 0.6 is 0 Å². The van der Waals surface area contributed by atoms with Gasteiger partial charge in [0.15, 0.2) is 6.61 Å². The zero-order chi connectivity index (χ0) is 18.7. The summed E-state index contributed by atoms with van der Waals surface area (Å²) in [5.41, 5.74) is 0.965. The van der Waals surface area contributed by atoms with Crippen molar-refractivity contribution in [1.29, 1.82) is 0 Å². The average Bonchev–Trinajstić information content (AvgIpc) is 2.58. The van der Waals surface area contributed by atoms with Gasteiger partial charge in [-0.1, -0.05) is 26.0 Å². The molecule has 1 rings (SSSR count). The van der Waals surface area contributed by atoms with E-state index in [0.29, 0.717) is 18.9 Å². The van der Waals surface area contributed by atoms with Gasteiger partial charge in [0, 0.05) is 13.0 Å². The molecule has 0 bridgehead atoms. The third-order valence-corrected chi connectivity index (χ3v) is 3.40. The summed E-state index contributed by atoms with van der Waals surface area (Å²) in [4.78, 5) is 34.6. The number of benzene rings is 1. The molecule has 0 unspecified atom stereocenters. The Kier molecular flexibility index (Phi) is 9.06. The monoisotopic (exact) mass is 350 g/mol. The van der Waals surface area contributed by atoms with Crippen LogP contribution in [0.2, 0.25) is 0 Å². The Bertz CT molecular complexity index is 569. The van der Waals surface area contributed by atoms with Crippen molar-refractivity contribution < 1.29 is 23.9 Å². The number of amides is 3. The minimum Gasteiger partial charge on any atom is -0.497 e. The molecule has 0 saturated carbocycles. The van der Waals surface area contributed by atoms with Crippen LogP contribution in [0.3, 0.4) is 0 Å². The molecule has 3 amide bonds. The predicted octanol–water partition coefficient (Wildman–Crippen LogP) is 2.04. The summed E-state index contributed by atoms with van der Waals surface area (Å²) in [6, 6.07) is 6.76. The van der Waals surface area contributed by atoms with E-state index in [1.54, 1.807) is 7.11 Å². The topological polar surface area (TPSA) is 93.7 Å². The van der Waals surface area contributed by atoms with Gasteiger partial charge < -0.3 is 14.8 Å². The van der Waals surface area contributed by atoms with Gasteiger partial charge in [-0.25, -0.2) is 4.79 Å². The first kappa shape index (κ1) is 20.5. The molecule has 138 valence electrons. The maximum Gasteiger partial charge on any atom is 0.321 e. The van der Waals surface area contributed by atoms with E-state index >= 15 is 0 Å². The smallest absolute Gasteiger partial charge is 0.321 e. The maximum atomic E-state index is 11.6. The minimum absolute atomic E-state index is 0.153. The van der Waals surface area contributed by atoms with Crippen molar-refractivity contribution in [3.63, 3.8) is 0 Å². The van der Waals surface area contributed by atoms with Crippen molar-refractivity contribution in [2.75, 3.05) is 20.3 Å². The Hall–Kier alpha value is -2.57. The summed E-state index contributed by atoms with van der Waals surface area (Å²) in [7, 11) is 1.59. The third-order valence-electron chi connectivity index (χ3n) is 3.40. The Balaban J connectivity index is 2.19. The highest BCUT2D eigenvalue weighted by atomic mass is 16.5. The van der Waals surface area contributed by atoms with Crippen LogP contribution in [0.25, 0.3) is 0 Å². The van der Waals surface area contributed by atoms with Gasteiger partial charge >= 0.3 is 12.0 Å². The number of imide groups is 1. The molecule has 0 aromatic heterocycles. The number of aryl methyl sites for hydroxylation is 1. The van der Waals surface area contributed by atoms with E-state index in [1.165, 1.54) is 0 Å². The average molecular weight is 350 g/mol. The fraction of sp³-hybridized carbons (Fsp3) is 0.500. The normalized spacial score (nSPS) is 10.2. The van der Waals surface area contributed by atoms with Crippen LogP contribution in [0.4, 0.5) is 4.79 Å². The van der Waals surface area contributed by atoms with Crippen LogP contribution < -0.4 is 15.4 Å². The number of carbonyl (C=O) groups is 3. The van der Waals surface area contributed by atoms with Gasteiger partial charge in [0.25, 0.3) is 5.91 Å². The number of nitrogens with one attached hydrogen (secondary N) is 2. The summed E-state index contributed by atoms with van der Waals surface area (Å²) in [5.74, 6) is 0.0587. The number of methoxy groups -OCH3 is 1. The second-order valence-corrected chi connectivity index (χ2v) is 6.00. The molecule has 25 heavy (non-hydrogen) atoms. The molecular weight excluding hydrogens is 324 g/mol. The van der Waals surface area contributed by atoms with Crippen LogP contribution in [-0.2, 0) is 20.7 Å². The molecule has 1 aromatic rings. The molecule has 0 aliphatic rings. The standard InChI is InChI=1S/C18H26N2O5/c1-13(2)10-11-19-18(23)20-16(21)12-25-17(22)9-6-14-4-7-15(24-3)8-5-14/h4-5,7-8,13H,6,9-12H2,1-3H3,(H2,19,20,21,23). The molecule has 7 nitrogen and oxygen atoms in total. The van der Waals surface area contributed by atoms with Crippen molar-refractivity contribution >= 4 is 17.9 Å². The van der Waals surface area contributed by atoms with E-state index in [4.69, 9.17) is 9.47 Å². The Morgan fingerprint density at radius 2 is 1.80 bits per heavy atom. The number of ether oxygens (including phenoxy) is 2. The Morgan fingerprint density at radius 1 is 1.12 bits per heavy atom. The van der Waals surface area contributed by atoms with Crippen LogP contribution in [-0.4, -0.2) is 38.2 Å². The lowest BCUT2D eigenvalue weighted by Gasteiger charge is -2.08. The number of rotatable bonds is 9. The number of hydrogen-bond acceptors (Lipinski definition) is 5. The largest absolute Gasteiger partial charge is 0.497 e. The zero-order valence-electron chi connectivity index (χ0n) is 15.0. The molecule has 1 aromatic carbocycles. The molecular formula is C18H26N2O5. The maximum absolute atomic E-state index is 11.6. The fourth-order valence-corrected chi connectivity index (χ4v) is 1.94. The zero-order valence-corrected chi connectivity index (χ0v) is 15.0. The lowest BCUT2D eigenvalue weighted by atomic mass is 10.1. The van der Waals surface area contributed by atoms with Gasteiger partial charge in [0.2, 0.25) is 0 Å².